The molecular formula is C16H21ClO3. The van der Waals surface area contributed by atoms with Gasteiger partial charge < -0.3 is 9.84 Å². The van der Waals surface area contributed by atoms with Gasteiger partial charge >= 0.3 is 5.97 Å². The Bertz CT molecular complexity index is 467. The van der Waals surface area contributed by atoms with Crippen molar-refractivity contribution in [2.75, 3.05) is 7.11 Å². The highest BCUT2D eigenvalue weighted by Gasteiger charge is 2.27. The fraction of sp³-hybridized carbons (Fsp3) is 0.562. The van der Waals surface area contributed by atoms with E-state index in [1.54, 1.807) is 7.11 Å². The van der Waals surface area contributed by atoms with E-state index < -0.39 is 5.97 Å². The van der Waals surface area contributed by atoms with Crippen LogP contribution < -0.4 is 4.74 Å². The molecule has 0 aliphatic heterocycles. The highest BCUT2D eigenvalue weighted by Crippen LogP contribution is 2.40. The van der Waals surface area contributed by atoms with Gasteiger partial charge in [-0.25, -0.2) is 0 Å². The third-order valence-corrected chi connectivity index (χ3v) is 4.51. The van der Waals surface area contributed by atoms with E-state index in [1.807, 2.05) is 18.2 Å². The van der Waals surface area contributed by atoms with E-state index in [0.29, 0.717) is 16.7 Å². The predicted octanol–water partition coefficient (Wildman–Crippen LogP) is 4.49. The fourth-order valence-corrected chi connectivity index (χ4v) is 3.46. The molecule has 0 bridgehead atoms. The van der Waals surface area contributed by atoms with Gasteiger partial charge in [0.1, 0.15) is 5.75 Å². The van der Waals surface area contributed by atoms with Gasteiger partial charge in [0.2, 0.25) is 0 Å². The fourth-order valence-electron chi connectivity index (χ4n) is 3.19. The van der Waals surface area contributed by atoms with Crippen molar-refractivity contribution in [2.24, 2.45) is 5.92 Å². The van der Waals surface area contributed by atoms with Crippen LogP contribution in [0.2, 0.25) is 5.02 Å². The molecule has 3 nitrogen and oxygen atoms in total. The standard InChI is InChI=1S/C16H21ClO3/c1-20-15-8-7-12(9-14(15)17)13(10-16(18)19)11-5-3-2-4-6-11/h7-9,11,13H,2-6,10H2,1H3,(H,18,19)/t13-/m1/s1. The van der Waals surface area contributed by atoms with Gasteiger partial charge in [-0.05, 0) is 42.4 Å². The molecule has 110 valence electrons. The van der Waals surface area contributed by atoms with Crippen molar-refractivity contribution in [1.82, 2.24) is 0 Å². The quantitative estimate of drug-likeness (QED) is 0.871. The summed E-state index contributed by atoms with van der Waals surface area (Å²) in [7, 11) is 1.58. The topological polar surface area (TPSA) is 46.5 Å². The zero-order chi connectivity index (χ0) is 14.5. The summed E-state index contributed by atoms with van der Waals surface area (Å²) in [4.78, 5) is 11.2. The molecule has 0 saturated heterocycles. The van der Waals surface area contributed by atoms with Crippen molar-refractivity contribution >= 4 is 17.6 Å². The lowest BCUT2D eigenvalue weighted by Gasteiger charge is -2.30. The summed E-state index contributed by atoms with van der Waals surface area (Å²) < 4.78 is 5.16. The highest BCUT2D eigenvalue weighted by molar-refractivity contribution is 6.32. The summed E-state index contributed by atoms with van der Waals surface area (Å²) in [6, 6.07) is 5.64. The maximum atomic E-state index is 11.2. The number of carboxylic acids is 1. The Morgan fingerprint density at radius 2 is 2.10 bits per heavy atom. The Balaban J connectivity index is 2.25. The molecule has 20 heavy (non-hydrogen) atoms. The second-order valence-corrected chi connectivity index (χ2v) is 5.90. The Morgan fingerprint density at radius 1 is 1.40 bits per heavy atom. The zero-order valence-electron chi connectivity index (χ0n) is 11.8. The van der Waals surface area contributed by atoms with Gasteiger partial charge in [0.25, 0.3) is 0 Å². The SMILES string of the molecule is COc1ccc([C@H](CC(=O)O)C2CCCCC2)cc1Cl. The van der Waals surface area contributed by atoms with Crippen LogP contribution in [0.5, 0.6) is 5.75 Å². The second-order valence-electron chi connectivity index (χ2n) is 5.50. The molecule has 0 aromatic heterocycles. The average Bonchev–Trinajstić information content (AvgIpc) is 2.45. The molecule has 1 N–H and O–H groups in total. The normalized spacial score (nSPS) is 17.7. The second kappa shape index (κ2) is 6.98. The molecule has 1 aromatic carbocycles. The largest absolute Gasteiger partial charge is 0.495 e. The molecule has 1 aliphatic rings. The first-order valence-electron chi connectivity index (χ1n) is 7.17. The maximum absolute atomic E-state index is 11.2. The summed E-state index contributed by atoms with van der Waals surface area (Å²) in [5.74, 6) is 0.390. The lowest BCUT2D eigenvalue weighted by molar-refractivity contribution is -0.137. The van der Waals surface area contributed by atoms with E-state index in [0.717, 1.165) is 18.4 Å². The Labute approximate surface area is 124 Å². The molecule has 0 amide bonds. The summed E-state index contributed by atoms with van der Waals surface area (Å²) >= 11 is 6.18. The van der Waals surface area contributed by atoms with Crippen LogP contribution in [0.25, 0.3) is 0 Å². The Hall–Kier alpha value is -1.22. The molecule has 4 heteroatoms. The van der Waals surface area contributed by atoms with E-state index in [1.165, 1.54) is 19.3 Å². The molecule has 1 saturated carbocycles. The van der Waals surface area contributed by atoms with Crippen molar-refractivity contribution in [3.8, 4) is 5.75 Å². The van der Waals surface area contributed by atoms with Crippen molar-refractivity contribution in [2.45, 2.75) is 44.4 Å². The van der Waals surface area contributed by atoms with Crippen molar-refractivity contribution in [3.63, 3.8) is 0 Å². The van der Waals surface area contributed by atoms with Crippen LogP contribution in [-0.4, -0.2) is 18.2 Å². The molecule has 0 radical (unpaired) electrons. The van der Waals surface area contributed by atoms with Gasteiger partial charge in [-0.2, -0.15) is 0 Å². The first kappa shape index (κ1) is 15.2. The van der Waals surface area contributed by atoms with Crippen molar-refractivity contribution < 1.29 is 14.6 Å². The van der Waals surface area contributed by atoms with Crippen molar-refractivity contribution in [3.05, 3.63) is 28.8 Å². The zero-order valence-corrected chi connectivity index (χ0v) is 12.5. The lowest BCUT2D eigenvalue weighted by Crippen LogP contribution is -2.19. The Kier molecular flexibility index (Phi) is 5.30. The molecule has 1 aliphatic carbocycles. The number of carbonyl (C=O) groups is 1. The number of benzene rings is 1. The van der Waals surface area contributed by atoms with Crippen LogP contribution in [-0.2, 0) is 4.79 Å². The van der Waals surface area contributed by atoms with Crippen LogP contribution in [0.15, 0.2) is 18.2 Å². The van der Waals surface area contributed by atoms with E-state index in [9.17, 15) is 9.90 Å². The summed E-state index contributed by atoms with van der Waals surface area (Å²) in [5, 5.41) is 9.74. The minimum Gasteiger partial charge on any atom is -0.495 e. The molecule has 0 unspecified atom stereocenters. The number of rotatable bonds is 5. The molecule has 1 fully saturated rings. The first-order chi connectivity index (χ1) is 9.61. The van der Waals surface area contributed by atoms with E-state index in [2.05, 4.69) is 0 Å². The number of methoxy groups -OCH3 is 1. The lowest BCUT2D eigenvalue weighted by atomic mass is 9.75. The third kappa shape index (κ3) is 3.66. The van der Waals surface area contributed by atoms with Crippen LogP contribution >= 0.6 is 11.6 Å². The van der Waals surface area contributed by atoms with Gasteiger partial charge in [-0.15, -0.1) is 0 Å². The van der Waals surface area contributed by atoms with Gasteiger partial charge in [-0.1, -0.05) is 36.9 Å². The number of hydrogen-bond acceptors (Lipinski definition) is 2. The number of aliphatic carboxylic acids is 1. The number of carboxylic acid groups (broad SMARTS) is 1. The summed E-state index contributed by atoms with van der Waals surface area (Å²) in [5.41, 5.74) is 1.02. The monoisotopic (exact) mass is 296 g/mol. The molecular weight excluding hydrogens is 276 g/mol. The number of halogens is 1. The highest BCUT2D eigenvalue weighted by atomic mass is 35.5. The summed E-state index contributed by atoms with van der Waals surface area (Å²) in [6.07, 6.45) is 6.06. The Morgan fingerprint density at radius 3 is 2.65 bits per heavy atom. The number of ether oxygens (including phenoxy) is 1. The van der Waals surface area contributed by atoms with Crippen LogP contribution in [0.1, 0.15) is 50.0 Å². The maximum Gasteiger partial charge on any atom is 0.303 e. The molecule has 2 rings (SSSR count). The number of hydrogen-bond donors (Lipinski definition) is 1. The van der Waals surface area contributed by atoms with E-state index in [-0.39, 0.29) is 12.3 Å². The van der Waals surface area contributed by atoms with Crippen LogP contribution in [0, 0.1) is 5.92 Å². The van der Waals surface area contributed by atoms with E-state index in [4.69, 9.17) is 16.3 Å². The van der Waals surface area contributed by atoms with Crippen molar-refractivity contribution in [1.29, 1.82) is 0 Å². The van der Waals surface area contributed by atoms with Crippen LogP contribution in [0.3, 0.4) is 0 Å². The molecule has 1 atom stereocenters. The van der Waals surface area contributed by atoms with E-state index >= 15 is 0 Å². The average molecular weight is 297 g/mol. The van der Waals surface area contributed by atoms with Crippen LogP contribution in [0.4, 0.5) is 0 Å². The molecule has 1 aromatic rings. The summed E-state index contributed by atoms with van der Waals surface area (Å²) in [6.45, 7) is 0. The van der Waals surface area contributed by atoms with Gasteiger partial charge in [0, 0.05) is 0 Å². The van der Waals surface area contributed by atoms with Gasteiger partial charge in [-0.3, -0.25) is 4.79 Å². The van der Waals surface area contributed by atoms with Gasteiger partial charge in [0.15, 0.2) is 0 Å². The third-order valence-electron chi connectivity index (χ3n) is 4.22. The first-order valence-corrected chi connectivity index (χ1v) is 7.55. The predicted molar refractivity (Wildman–Crippen MR) is 79.6 cm³/mol. The minimum absolute atomic E-state index is 0.0520. The smallest absolute Gasteiger partial charge is 0.303 e. The minimum atomic E-state index is -0.743. The van der Waals surface area contributed by atoms with Gasteiger partial charge in [0.05, 0.1) is 18.6 Å². The molecule has 0 heterocycles. The molecule has 0 spiro atoms.